The minimum Gasteiger partial charge on any atom is -0.382 e. The van der Waals surface area contributed by atoms with Gasteiger partial charge in [0.25, 0.3) is 5.91 Å². The summed E-state index contributed by atoms with van der Waals surface area (Å²) in [5.74, 6) is 0.234. The van der Waals surface area contributed by atoms with Crippen molar-refractivity contribution in [3.05, 3.63) is 17.5 Å². The van der Waals surface area contributed by atoms with Crippen LogP contribution >= 0.6 is 0 Å². The summed E-state index contributed by atoms with van der Waals surface area (Å²) in [5, 5.41) is 4.43. The van der Waals surface area contributed by atoms with Gasteiger partial charge in [0.15, 0.2) is 0 Å². The number of carbonyl (C=O) groups excluding carboxylic acids is 1. The Hall–Kier alpha value is -1.40. The van der Waals surface area contributed by atoms with Crippen LogP contribution in [0.5, 0.6) is 0 Å². The van der Waals surface area contributed by atoms with Crippen molar-refractivity contribution >= 4 is 5.91 Å². The number of aromatic nitrogens is 2. The van der Waals surface area contributed by atoms with Crippen LogP contribution in [0, 0.1) is 0 Å². The predicted molar refractivity (Wildman–Crippen MR) is 84.0 cm³/mol. The lowest BCUT2D eigenvalue weighted by Crippen LogP contribution is -2.55. The third-order valence-corrected chi connectivity index (χ3v) is 3.76. The van der Waals surface area contributed by atoms with E-state index < -0.39 is 0 Å². The highest BCUT2D eigenvalue weighted by molar-refractivity contribution is 5.95. The number of aryl methyl sites for hydroxylation is 1. The highest BCUT2D eigenvalue weighted by Gasteiger charge is 2.37. The van der Waals surface area contributed by atoms with Gasteiger partial charge in [-0.1, -0.05) is 13.8 Å². The van der Waals surface area contributed by atoms with E-state index in [0.717, 1.165) is 5.69 Å². The van der Waals surface area contributed by atoms with E-state index in [9.17, 15) is 4.79 Å². The van der Waals surface area contributed by atoms with Gasteiger partial charge in [-0.3, -0.25) is 9.48 Å². The van der Waals surface area contributed by atoms with E-state index in [1.165, 1.54) is 0 Å². The summed E-state index contributed by atoms with van der Waals surface area (Å²) >= 11 is 0. The Bertz CT molecular complexity index is 537. The number of carbonyl (C=O) groups is 1. The average Bonchev–Trinajstić information content (AvgIpc) is 2.78. The van der Waals surface area contributed by atoms with Crippen molar-refractivity contribution in [2.45, 2.75) is 45.3 Å². The Balaban J connectivity index is 2.24. The second kappa shape index (κ2) is 6.38. The average molecular weight is 309 g/mol. The van der Waals surface area contributed by atoms with Gasteiger partial charge in [-0.15, -0.1) is 0 Å². The van der Waals surface area contributed by atoms with Crippen molar-refractivity contribution in [1.29, 1.82) is 0 Å². The molecule has 1 saturated heterocycles. The molecule has 6 nitrogen and oxygen atoms in total. The summed E-state index contributed by atoms with van der Waals surface area (Å²) in [4.78, 5) is 14.8. The normalized spacial score (nSPS) is 21.4. The van der Waals surface area contributed by atoms with Crippen LogP contribution < -0.4 is 0 Å². The van der Waals surface area contributed by atoms with Crippen LogP contribution in [-0.4, -0.2) is 59.1 Å². The molecule has 1 unspecified atom stereocenters. The summed E-state index contributed by atoms with van der Waals surface area (Å²) in [6.45, 7) is 9.70. The van der Waals surface area contributed by atoms with E-state index in [2.05, 4.69) is 18.9 Å². The molecule has 1 aliphatic heterocycles. The fourth-order valence-electron chi connectivity index (χ4n) is 2.99. The first kappa shape index (κ1) is 17.0. The fraction of sp³-hybridized carbons (Fsp3) is 0.750. The number of rotatable bonds is 4. The van der Waals surface area contributed by atoms with Crippen LogP contribution in [0.2, 0.25) is 0 Å². The SMILES string of the molecule is COCC1CN(C(=O)c2cn(C)nc2C(C)C)CC(C)(C)O1. The van der Waals surface area contributed by atoms with Gasteiger partial charge in [-0.05, 0) is 19.8 Å². The van der Waals surface area contributed by atoms with Gasteiger partial charge in [0, 0.05) is 33.4 Å². The summed E-state index contributed by atoms with van der Waals surface area (Å²) in [5.41, 5.74) is 1.16. The minimum atomic E-state index is -0.378. The molecular weight excluding hydrogens is 282 g/mol. The molecule has 2 heterocycles. The van der Waals surface area contributed by atoms with Crippen molar-refractivity contribution in [3.63, 3.8) is 0 Å². The van der Waals surface area contributed by atoms with Gasteiger partial charge in [0.1, 0.15) is 0 Å². The summed E-state index contributed by atoms with van der Waals surface area (Å²) in [6, 6.07) is 0. The Morgan fingerprint density at radius 2 is 2.23 bits per heavy atom. The number of nitrogens with zero attached hydrogens (tertiary/aromatic N) is 3. The maximum Gasteiger partial charge on any atom is 0.257 e. The molecule has 1 atom stereocenters. The zero-order valence-corrected chi connectivity index (χ0v) is 14.4. The lowest BCUT2D eigenvalue weighted by Gasteiger charge is -2.42. The van der Waals surface area contributed by atoms with Crippen molar-refractivity contribution < 1.29 is 14.3 Å². The quantitative estimate of drug-likeness (QED) is 0.851. The molecule has 0 radical (unpaired) electrons. The van der Waals surface area contributed by atoms with Crippen molar-refractivity contribution in [1.82, 2.24) is 14.7 Å². The maximum absolute atomic E-state index is 13.0. The second-order valence-electron chi connectivity index (χ2n) is 6.90. The number of methoxy groups -OCH3 is 1. The molecule has 1 fully saturated rings. The maximum atomic E-state index is 13.0. The summed E-state index contributed by atoms with van der Waals surface area (Å²) < 4.78 is 12.9. The molecule has 0 spiro atoms. The van der Waals surface area contributed by atoms with Crippen molar-refractivity contribution in [2.24, 2.45) is 7.05 Å². The Kier molecular flexibility index (Phi) is 4.92. The first-order valence-corrected chi connectivity index (χ1v) is 7.73. The molecule has 124 valence electrons. The van der Waals surface area contributed by atoms with Gasteiger partial charge >= 0.3 is 0 Å². The third-order valence-electron chi connectivity index (χ3n) is 3.76. The van der Waals surface area contributed by atoms with E-state index in [-0.39, 0.29) is 23.5 Å². The summed E-state index contributed by atoms with van der Waals surface area (Å²) in [6.07, 6.45) is 1.71. The number of hydrogen-bond donors (Lipinski definition) is 0. The van der Waals surface area contributed by atoms with Gasteiger partial charge in [0.05, 0.1) is 29.6 Å². The van der Waals surface area contributed by atoms with Gasteiger partial charge < -0.3 is 14.4 Å². The number of amides is 1. The molecule has 0 saturated carbocycles. The van der Waals surface area contributed by atoms with Crippen molar-refractivity contribution in [3.8, 4) is 0 Å². The molecule has 22 heavy (non-hydrogen) atoms. The topological polar surface area (TPSA) is 56.6 Å². The molecule has 0 N–H and O–H groups in total. The Morgan fingerprint density at radius 1 is 1.55 bits per heavy atom. The molecule has 0 aromatic carbocycles. The minimum absolute atomic E-state index is 0.0225. The molecule has 0 aliphatic carbocycles. The third kappa shape index (κ3) is 3.67. The lowest BCUT2D eigenvalue weighted by molar-refractivity contribution is -0.143. The standard InChI is InChI=1S/C16H27N3O3/c1-11(2)14-13(8-18(5)17-14)15(20)19-7-12(9-21-6)22-16(3,4)10-19/h8,11-12H,7,9-10H2,1-6H3. The smallest absolute Gasteiger partial charge is 0.257 e. The Labute approximate surface area is 132 Å². The van der Waals surface area contributed by atoms with E-state index in [0.29, 0.717) is 25.3 Å². The van der Waals surface area contributed by atoms with Crippen LogP contribution in [0.4, 0.5) is 0 Å². The summed E-state index contributed by atoms with van der Waals surface area (Å²) in [7, 11) is 3.49. The molecular formula is C16H27N3O3. The van der Waals surface area contributed by atoms with Crippen LogP contribution in [0.1, 0.15) is 49.7 Å². The molecule has 1 aliphatic rings. The molecule has 1 aromatic heterocycles. The number of ether oxygens (including phenoxy) is 2. The first-order chi connectivity index (χ1) is 10.2. The van der Waals surface area contributed by atoms with E-state index in [4.69, 9.17) is 9.47 Å². The van der Waals surface area contributed by atoms with E-state index >= 15 is 0 Å². The molecule has 0 bridgehead atoms. The first-order valence-electron chi connectivity index (χ1n) is 7.73. The number of morpholine rings is 1. The van der Waals surface area contributed by atoms with Crippen LogP contribution in [0.15, 0.2) is 6.20 Å². The van der Waals surface area contributed by atoms with Crippen molar-refractivity contribution in [2.75, 3.05) is 26.8 Å². The van der Waals surface area contributed by atoms with Gasteiger partial charge in [-0.2, -0.15) is 5.10 Å². The number of hydrogen-bond acceptors (Lipinski definition) is 4. The van der Waals surface area contributed by atoms with Gasteiger partial charge in [-0.25, -0.2) is 0 Å². The zero-order valence-electron chi connectivity index (χ0n) is 14.4. The second-order valence-corrected chi connectivity index (χ2v) is 6.90. The fourth-order valence-corrected chi connectivity index (χ4v) is 2.99. The largest absolute Gasteiger partial charge is 0.382 e. The van der Waals surface area contributed by atoms with E-state index in [1.54, 1.807) is 11.8 Å². The van der Waals surface area contributed by atoms with Crippen LogP contribution in [0.25, 0.3) is 0 Å². The molecule has 6 heteroatoms. The molecule has 2 rings (SSSR count). The van der Waals surface area contributed by atoms with Crippen LogP contribution in [-0.2, 0) is 16.5 Å². The lowest BCUT2D eigenvalue weighted by atomic mass is 10.0. The molecule has 1 amide bonds. The predicted octanol–water partition coefficient (Wildman–Crippen LogP) is 1.81. The van der Waals surface area contributed by atoms with Gasteiger partial charge in [0.2, 0.25) is 0 Å². The molecule has 1 aromatic rings. The Morgan fingerprint density at radius 3 is 2.82 bits per heavy atom. The van der Waals surface area contributed by atoms with Crippen LogP contribution in [0.3, 0.4) is 0 Å². The highest BCUT2D eigenvalue weighted by Crippen LogP contribution is 2.25. The monoisotopic (exact) mass is 309 g/mol. The zero-order chi connectivity index (χ0) is 16.5. The van der Waals surface area contributed by atoms with E-state index in [1.807, 2.05) is 32.0 Å². The highest BCUT2D eigenvalue weighted by atomic mass is 16.5.